The summed E-state index contributed by atoms with van der Waals surface area (Å²) < 4.78 is 18.8. The molecule has 1 aromatic carbocycles. The van der Waals surface area contributed by atoms with E-state index in [4.69, 9.17) is 4.74 Å². The van der Waals surface area contributed by atoms with Crippen molar-refractivity contribution >= 4 is 0 Å². The van der Waals surface area contributed by atoms with Gasteiger partial charge in [0.15, 0.2) is 11.6 Å². The lowest BCUT2D eigenvalue weighted by Gasteiger charge is -2.29. The van der Waals surface area contributed by atoms with Crippen LogP contribution < -0.4 is 4.74 Å². The molecule has 1 unspecified atom stereocenters. The number of nitrogens with zero attached hydrogens (tertiary/aromatic N) is 1. The van der Waals surface area contributed by atoms with Crippen molar-refractivity contribution in [2.45, 2.75) is 25.7 Å². The fourth-order valence-corrected chi connectivity index (χ4v) is 2.62. The summed E-state index contributed by atoms with van der Waals surface area (Å²) in [4.78, 5) is 2.39. The van der Waals surface area contributed by atoms with Crippen LogP contribution in [-0.4, -0.2) is 31.6 Å². The minimum atomic E-state index is -0.269. The van der Waals surface area contributed by atoms with Crippen molar-refractivity contribution < 1.29 is 9.13 Å². The molecule has 18 heavy (non-hydrogen) atoms. The zero-order valence-corrected chi connectivity index (χ0v) is 11.1. The Labute approximate surface area is 109 Å². The molecule has 100 valence electrons. The van der Waals surface area contributed by atoms with Gasteiger partial charge >= 0.3 is 0 Å². The standard InChI is InChI=1S/C15H22FNO/c1-17-10-4-6-13(12-17)7-5-11-18-15-9-3-2-8-14(15)16/h2-3,8-9,13H,4-7,10-12H2,1H3. The number of halogens is 1. The van der Waals surface area contributed by atoms with E-state index in [0.717, 1.165) is 12.3 Å². The van der Waals surface area contributed by atoms with E-state index >= 15 is 0 Å². The van der Waals surface area contributed by atoms with E-state index in [2.05, 4.69) is 11.9 Å². The number of likely N-dealkylation sites (tertiary alicyclic amines) is 1. The maximum Gasteiger partial charge on any atom is 0.165 e. The van der Waals surface area contributed by atoms with Gasteiger partial charge in [-0.25, -0.2) is 4.39 Å². The molecular formula is C15H22FNO. The third-order valence-corrected chi connectivity index (χ3v) is 3.57. The molecule has 0 amide bonds. The average molecular weight is 251 g/mol. The number of para-hydroxylation sites is 1. The van der Waals surface area contributed by atoms with Gasteiger partial charge < -0.3 is 9.64 Å². The monoisotopic (exact) mass is 251 g/mol. The minimum absolute atomic E-state index is 0.269. The minimum Gasteiger partial charge on any atom is -0.491 e. The van der Waals surface area contributed by atoms with Gasteiger partial charge in [-0.15, -0.1) is 0 Å². The SMILES string of the molecule is CN1CCCC(CCCOc2ccccc2F)C1. The van der Waals surface area contributed by atoms with Gasteiger partial charge in [0.25, 0.3) is 0 Å². The summed E-state index contributed by atoms with van der Waals surface area (Å²) >= 11 is 0. The third kappa shape index (κ3) is 3.98. The second-order valence-corrected chi connectivity index (χ2v) is 5.19. The van der Waals surface area contributed by atoms with Crippen molar-refractivity contribution in [2.75, 3.05) is 26.7 Å². The van der Waals surface area contributed by atoms with Crippen LogP contribution in [-0.2, 0) is 0 Å². The highest BCUT2D eigenvalue weighted by molar-refractivity contribution is 5.23. The van der Waals surface area contributed by atoms with Crippen molar-refractivity contribution in [2.24, 2.45) is 5.92 Å². The van der Waals surface area contributed by atoms with Crippen LogP contribution in [0.1, 0.15) is 25.7 Å². The Hall–Kier alpha value is -1.09. The van der Waals surface area contributed by atoms with Gasteiger partial charge in [-0.2, -0.15) is 0 Å². The van der Waals surface area contributed by atoms with Crippen LogP contribution in [0.4, 0.5) is 4.39 Å². The first-order valence-electron chi connectivity index (χ1n) is 6.81. The van der Waals surface area contributed by atoms with Crippen molar-refractivity contribution in [3.63, 3.8) is 0 Å². The molecule has 1 atom stereocenters. The molecule has 2 nitrogen and oxygen atoms in total. The quantitative estimate of drug-likeness (QED) is 0.744. The summed E-state index contributed by atoms with van der Waals surface area (Å²) in [5, 5.41) is 0. The van der Waals surface area contributed by atoms with E-state index in [1.807, 2.05) is 0 Å². The lowest BCUT2D eigenvalue weighted by molar-refractivity contribution is 0.190. The fraction of sp³-hybridized carbons (Fsp3) is 0.600. The van der Waals surface area contributed by atoms with Crippen LogP contribution in [0.5, 0.6) is 5.75 Å². The molecule has 1 aromatic rings. The Morgan fingerprint density at radius 1 is 1.39 bits per heavy atom. The highest BCUT2D eigenvalue weighted by Crippen LogP contribution is 2.21. The number of ether oxygens (including phenoxy) is 1. The Morgan fingerprint density at radius 3 is 3.00 bits per heavy atom. The van der Waals surface area contributed by atoms with E-state index in [0.29, 0.717) is 12.4 Å². The molecule has 1 aliphatic heterocycles. The number of hydrogen-bond acceptors (Lipinski definition) is 2. The summed E-state index contributed by atoms with van der Waals surface area (Å²) in [6, 6.07) is 6.60. The normalized spacial score (nSPS) is 20.9. The molecule has 1 fully saturated rings. The molecule has 1 heterocycles. The molecular weight excluding hydrogens is 229 g/mol. The molecule has 0 bridgehead atoms. The number of benzene rings is 1. The van der Waals surface area contributed by atoms with Crippen molar-refractivity contribution in [1.82, 2.24) is 4.90 Å². The van der Waals surface area contributed by atoms with Crippen LogP contribution in [0.15, 0.2) is 24.3 Å². The molecule has 0 N–H and O–H groups in total. The first-order chi connectivity index (χ1) is 8.75. The number of piperidine rings is 1. The summed E-state index contributed by atoms with van der Waals surface area (Å²) in [6.07, 6.45) is 4.81. The van der Waals surface area contributed by atoms with Crippen LogP contribution in [0.3, 0.4) is 0 Å². The first kappa shape index (κ1) is 13.3. The molecule has 0 aliphatic carbocycles. The lowest BCUT2D eigenvalue weighted by atomic mass is 9.94. The van der Waals surface area contributed by atoms with Gasteiger partial charge in [0, 0.05) is 6.54 Å². The molecule has 0 aromatic heterocycles. The molecule has 0 saturated carbocycles. The Balaban J connectivity index is 1.65. The van der Waals surface area contributed by atoms with Crippen molar-refractivity contribution in [3.8, 4) is 5.75 Å². The second-order valence-electron chi connectivity index (χ2n) is 5.19. The average Bonchev–Trinajstić information content (AvgIpc) is 2.37. The van der Waals surface area contributed by atoms with Gasteiger partial charge in [0.05, 0.1) is 6.61 Å². The Kier molecular flexibility index (Phi) is 5.00. The topological polar surface area (TPSA) is 12.5 Å². The van der Waals surface area contributed by atoms with Crippen LogP contribution in [0.25, 0.3) is 0 Å². The summed E-state index contributed by atoms with van der Waals surface area (Å²) in [5.41, 5.74) is 0. The highest BCUT2D eigenvalue weighted by Gasteiger charge is 2.16. The summed E-state index contributed by atoms with van der Waals surface area (Å²) in [6.45, 7) is 3.03. The number of rotatable bonds is 5. The molecule has 3 heteroatoms. The third-order valence-electron chi connectivity index (χ3n) is 3.57. The van der Waals surface area contributed by atoms with Crippen LogP contribution in [0.2, 0.25) is 0 Å². The second kappa shape index (κ2) is 6.74. The first-order valence-corrected chi connectivity index (χ1v) is 6.81. The van der Waals surface area contributed by atoms with E-state index in [1.54, 1.807) is 18.2 Å². The summed E-state index contributed by atoms with van der Waals surface area (Å²) in [5.74, 6) is 0.890. The maximum absolute atomic E-state index is 13.3. The van der Waals surface area contributed by atoms with Gasteiger partial charge in [-0.3, -0.25) is 0 Å². The highest BCUT2D eigenvalue weighted by atomic mass is 19.1. The lowest BCUT2D eigenvalue weighted by Crippen LogP contribution is -2.32. The molecule has 0 radical (unpaired) electrons. The van der Waals surface area contributed by atoms with Gasteiger partial charge in [-0.05, 0) is 57.3 Å². The van der Waals surface area contributed by atoms with Crippen LogP contribution >= 0.6 is 0 Å². The van der Waals surface area contributed by atoms with E-state index in [-0.39, 0.29) is 5.82 Å². The van der Waals surface area contributed by atoms with Crippen molar-refractivity contribution in [3.05, 3.63) is 30.1 Å². The zero-order chi connectivity index (χ0) is 12.8. The zero-order valence-electron chi connectivity index (χ0n) is 11.1. The summed E-state index contributed by atoms with van der Waals surface area (Å²) in [7, 11) is 2.18. The van der Waals surface area contributed by atoms with Crippen molar-refractivity contribution in [1.29, 1.82) is 0 Å². The van der Waals surface area contributed by atoms with Gasteiger partial charge in [0.1, 0.15) is 0 Å². The molecule has 1 saturated heterocycles. The maximum atomic E-state index is 13.3. The Bertz CT molecular complexity index is 369. The molecule has 0 spiro atoms. The van der Waals surface area contributed by atoms with Crippen LogP contribution in [0, 0.1) is 11.7 Å². The van der Waals surface area contributed by atoms with Gasteiger partial charge in [0.2, 0.25) is 0 Å². The molecule has 2 rings (SSSR count). The largest absolute Gasteiger partial charge is 0.491 e. The smallest absolute Gasteiger partial charge is 0.165 e. The van der Waals surface area contributed by atoms with E-state index in [1.165, 1.54) is 38.4 Å². The molecule has 1 aliphatic rings. The van der Waals surface area contributed by atoms with E-state index in [9.17, 15) is 4.39 Å². The van der Waals surface area contributed by atoms with Gasteiger partial charge in [-0.1, -0.05) is 12.1 Å². The fourth-order valence-electron chi connectivity index (χ4n) is 2.62. The predicted octanol–water partition coefficient (Wildman–Crippen LogP) is 3.33. The number of hydrogen-bond donors (Lipinski definition) is 0. The Morgan fingerprint density at radius 2 is 2.22 bits per heavy atom. The predicted molar refractivity (Wildman–Crippen MR) is 71.4 cm³/mol. The van der Waals surface area contributed by atoms with E-state index < -0.39 is 0 Å².